The van der Waals surface area contributed by atoms with Crippen LogP contribution in [0.5, 0.6) is 0 Å². The molecule has 132 valence electrons. The lowest BCUT2D eigenvalue weighted by atomic mass is 10.0. The normalized spacial score (nSPS) is 13.6. The second-order valence-electron chi connectivity index (χ2n) is 6.81. The Morgan fingerprint density at radius 2 is 1.85 bits per heavy atom. The van der Waals surface area contributed by atoms with Crippen LogP contribution in [0.25, 0.3) is 16.9 Å². The molecule has 2 heterocycles. The lowest BCUT2D eigenvalue weighted by molar-refractivity contribution is 0.0730. The summed E-state index contributed by atoms with van der Waals surface area (Å²) >= 11 is 0. The molecule has 1 aromatic heterocycles. The third kappa shape index (κ3) is 2.58. The minimum atomic E-state index is -0.287. The largest absolute Gasteiger partial charge is 0.332 e. The van der Waals surface area contributed by atoms with Crippen molar-refractivity contribution in [3.05, 3.63) is 65.1 Å². The molecular weight excluding hydrogens is 331 g/mol. The molecule has 0 fully saturated rings. The van der Waals surface area contributed by atoms with Crippen LogP contribution >= 0.6 is 0 Å². The topological polar surface area (TPSA) is 51.0 Å². The number of rotatable bonds is 3. The van der Waals surface area contributed by atoms with Crippen molar-refractivity contribution in [2.24, 2.45) is 0 Å². The van der Waals surface area contributed by atoms with E-state index in [1.165, 1.54) is 12.1 Å². The summed E-state index contributed by atoms with van der Waals surface area (Å²) in [6, 6.07) is 12.1. The Balaban J connectivity index is 1.71. The standard InChI is InChI=1S/C20H19FN4O/c1-12(2)24-11-15-10-14(4-9-18(15)20(24)26)19-13(3)25(23-22-19)17-7-5-16(21)6-8-17/h4-10,12H,11H2,1-3H3. The molecule has 0 saturated carbocycles. The predicted octanol–water partition coefficient (Wildman–Crippen LogP) is 3.75. The summed E-state index contributed by atoms with van der Waals surface area (Å²) in [6.45, 7) is 6.58. The molecule has 1 amide bonds. The fraction of sp³-hybridized carbons (Fsp3) is 0.250. The van der Waals surface area contributed by atoms with Gasteiger partial charge in [-0.15, -0.1) is 5.10 Å². The van der Waals surface area contributed by atoms with Gasteiger partial charge in [0.25, 0.3) is 5.91 Å². The van der Waals surface area contributed by atoms with Gasteiger partial charge in [0.1, 0.15) is 11.5 Å². The summed E-state index contributed by atoms with van der Waals surface area (Å²) < 4.78 is 14.8. The molecule has 26 heavy (non-hydrogen) atoms. The number of benzene rings is 2. The van der Waals surface area contributed by atoms with E-state index >= 15 is 0 Å². The van der Waals surface area contributed by atoms with Gasteiger partial charge in [0.15, 0.2) is 0 Å². The van der Waals surface area contributed by atoms with E-state index in [0.29, 0.717) is 6.54 Å². The van der Waals surface area contributed by atoms with Gasteiger partial charge in [-0.3, -0.25) is 4.79 Å². The van der Waals surface area contributed by atoms with Crippen LogP contribution in [0.4, 0.5) is 4.39 Å². The van der Waals surface area contributed by atoms with E-state index in [-0.39, 0.29) is 17.8 Å². The average molecular weight is 350 g/mol. The molecule has 0 spiro atoms. The Morgan fingerprint density at radius 1 is 1.12 bits per heavy atom. The third-order valence-electron chi connectivity index (χ3n) is 4.80. The van der Waals surface area contributed by atoms with Gasteiger partial charge in [0, 0.05) is 23.7 Å². The second-order valence-corrected chi connectivity index (χ2v) is 6.81. The number of carbonyl (C=O) groups is 1. The first-order chi connectivity index (χ1) is 12.5. The van der Waals surface area contributed by atoms with Gasteiger partial charge in [-0.1, -0.05) is 11.3 Å². The first-order valence-electron chi connectivity index (χ1n) is 8.58. The zero-order valence-electron chi connectivity index (χ0n) is 14.9. The fourth-order valence-electron chi connectivity index (χ4n) is 3.33. The highest BCUT2D eigenvalue weighted by molar-refractivity contribution is 5.99. The van der Waals surface area contributed by atoms with Crippen molar-refractivity contribution in [3.63, 3.8) is 0 Å². The molecule has 5 nitrogen and oxygen atoms in total. The summed E-state index contributed by atoms with van der Waals surface area (Å²) in [5.41, 5.74) is 5.06. The lowest BCUT2D eigenvalue weighted by Gasteiger charge is -2.19. The van der Waals surface area contributed by atoms with E-state index < -0.39 is 0 Å². The van der Waals surface area contributed by atoms with Crippen LogP contribution in [0, 0.1) is 12.7 Å². The number of nitrogens with zero attached hydrogens (tertiary/aromatic N) is 4. The maximum Gasteiger partial charge on any atom is 0.254 e. The van der Waals surface area contributed by atoms with Gasteiger partial charge in [-0.05, 0) is 62.7 Å². The summed E-state index contributed by atoms with van der Waals surface area (Å²) in [7, 11) is 0. The van der Waals surface area contributed by atoms with Crippen LogP contribution < -0.4 is 0 Å². The molecule has 0 aliphatic carbocycles. The summed E-state index contributed by atoms with van der Waals surface area (Å²) in [6.07, 6.45) is 0. The molecule has 2 aromatic carbocycles. The molecule has 1 aliphatic heterocycles. The van der Waals surface area contributed by atoms with Gasteiger partial charge in [-0.2, -0.15) is 0 Å². The number of halogens is 1. The second kappa shape index (κ2) is 6.05. The third-order valence-corrected chi connectivity index (χ3v) is 4.80. The van der Waals surface area contributed by atoms with Crippen molar-refractivity contribution in [2.45, 2.75) is 33.4 Å². The first kappa shape index (κ1) is 16.4. The van der Waals surface area contributed by atoms with Crippen molar-refractivity contribution >= 4 is 5.91 Å². The molecular formula is C20H19FN4O. The first-order valence-corrected chi connectivity index (χ1v) is 8.58. The average Bonchev–Trinajstić information content (AvgIpc) is 3.16. The van der Waals surface area contributed by atoms with E-state index in [0.717, 1.165) is 33.8 Å². The van der Waals surface area contributed by atoms with Crippen LogP contribution in [0.1, 0.15) is 35.5 Å². The summed E-state index contributed by atoms with van der Waals surface area (Å²) in [4.78, 5) is 14.3. The molecule has 4 rings (SSSR count). The summed E-state index contributed by atoms with van der Waals surface area (Å²) in [5.74, 6) is -0.210. The maximum atomic E-state index is 13.1. The number of amides is 1. The monoisotopic (exact) mass is 350 g/mol. The van der Waals surface area contributed by atoms with Crippen LogP contribution in [0.2, 0.25) is 0 Å². The molecule has 6 heteroatoms. The van der Waals surface area contributed by atoms with E-state index in [4.69, 9.17) is 0 Å². The van der Waals surface area contributed by atoms with Crippen LogP contribution in [-0.2, 0) is 6.54 Å². The quantitative estimate of drug-likeness (QED) is 0.723. The lowest BCUT2D eigenvalue weighted by Crippen LogP contribution is -2.30. The molecule has 3 aromatic rings. The van der Waals surface area contributed by atoms with Crippen molar-refractivity contribution in [3.8, 4) is 16.9 Å². The Kier molecular flexibility index (Phi) is 3.83. The van der Waals surface area contributed by atoms with Crippen molar-refractivity contribution in [1.82, 2.24) is 19.9 Å². The smallest absolute Gasteiger partial charge is 0.254 e. The minimum absolute atomic E-state index is 0.0771. The molecule has 0 N–H and O–H groups in total. The Bertz CT molecular complexity index is 992. The van der Waals surface area contributed by atoms with Crippen LogP contribution in [0.15, 0.2) is 42.5 Å². The van der Waals surface area contributed by atoms with Crippen LogP contribution in [0.3, 0.4) is 0 Å². The van der Waals surface area contributed by atoms with Gasteiger partial charge in [0.05, 0.1) is 11.4 Å². The Labute approximate surface area is 151 Å². The SMILES string of the molecule is Cc1c(-c2ccc3c(c2)CN(C(C)C)C3=O)nnn1-c1ccc(F)cc1. The van der Waals surface area contributed by atoms with E-state index in [2.05, 4.69) is 10.3 Å². The highest BCUT2D eigenvalue weighted by Gasteiger charge is 2.29. The van der Waals surface area contributed by atoms with Crippen molar-refractivity contribution in [1.29, 1.82) is 0 Å². The van der Waals surface area contributed by atoms with Gasteiger partial charge >= 0.3 is 0 Å². The Morgan fingerprint density at radius 3 is 2.54 bits per heavy atom. The highest BCUT2D eigenvalue weighted by Crippen LogP contribution is 2.30. The zero-order chi connectivity index (χ0) is 18.4. The van der Waals surface area contributed by atoms with Crippen molar-refractivity contribution < 1.29 is 9.18 Å². The minimum Gasteiger partial charge on any atom is -0.332 e. The molecule has 0 unspecified atom stereocenters. The molecule has 0 saturated heterocycles. The number of carbonyl (C=O) groups excluding carboxylic acids is 1. The van der Waals surface area contributed by atoms with Crippen LogP contribution in [-0.4, -0.2) is 31.8 Å². The number of hydrogen-bond acceptors (Lipinski definition) is 3. The fourth-order valence-corrected chi connectivity index (χ4v) is 3.33. The van der Waals surface area contributed by atoms with Gasteiger partial charge in [0.2, 0.25) is 0 Å². The van der Waals surface area contributed by atoms with E-state index in [9.17, 15) is 9.18 Å². The van der Waals surface area contributed by atoms with Gasteiger partial charge < -0.3 is 4.90 Å². The molecule has 0 atom stereocenters. The van der Waals surface area contributed by atoms with Gasteiger partial charge in [-0.25, -0.2) is 9.07 Å². The molecule has 0 bridgehead atoms. The van der Waals surface area contributed by atoms with Crippen molar-refractivity contribution in [2.75, 3.05) is 0 Å². The zero-order valence-corrected chi connectivity index (χ0v) is 14.9. The molecule has 0 radical (unpaired) electrons. The number of hydrogen-bond donors (Lipinski definition) is 0. The molecule has 1 aliphatic rings. The Hall–Kier alpha value is -3.02. The highest BCUT2D eigenvalue weighted by atomic mass is 19.1. The number of aromatic nitrogens is 3. The van der Waals surface area contributed by atoms with E-state index in [1.807, 2.05) is 43.9 Å². The predicted molar refractivity (Wildman–Crippen MR) is 96.5 cm³/mol. The summed E-state index contributed by atoms with van der Waals surface area (Å²) in [5, 5.41) is 8.51. The number of fused-ring (bicyclic) bond motifs is 1. The maximum absolute atomic E-state index is 13.1. The van der Waals surface area contributed by atoms with E-state index in [1.54, 1.807) is 16.8 Å².